The highest BCUT2D eigenvalue weighted by molar-refractivity contribution is 5.02. The van der Waals surface area contributed by atoms with Crippen molar-refractivity contribution in [3.63, 3.8) is 0 Å². The lowest BCUT2D eigenvalue weighted by Gasteiger charge is -2.40. The molecule has 1 saturated heterocycles. The Labute approximate surface area is 112 Å². The van der Waals surface area contributed by atoms with Gasteiger partial charge in [0.2, 0.25) is 0 Å². The Kier molecular flexibility index (Phi) is 3.68. The van der Waals surface area contributed by atoms with Crippen molar-refractivity contribution in [3.05, 3.63) is 0 Å². The van der Waals surface area contributed by atoms with Crippen LogP contribution >= 0.6 is 0 Å². The molecular weight excluding hydrogens is 222 g/mol. The third kappa shape index (κ3) is 2.34. The van der Waals surface area contributed by atoms with Crippen LogP contribution in [0.1, 0.15) is 58.8 Å². The molecule has 3 rings (SSSR count). The normalized spacial score (nSPS) is 47.0. The van der Waals surface area contributed by atoms with Crippen LogP contribution in [-0.4, -0.2) is 25.3 Å². The van der Waals surface area contributed by atoms with Gasteiger partial charge in [0.15, 0.2) is 0 Å². The van der Waals surface area contributed by atoms with E-state index in [1.807, 2.05) is 0 Å². The average molecular weight is 251 g/mol. The van der Waals surface area contributed by atoms with Crippen LogP contribution in [0.15, 0.2) is 0 Å². The first-order valence-electron chi connectivity index (χ1n) is 8.08. The standard InChI is InChI=1S/C16H29NO/c1-3-17-11-16(9-13-5-6-14(16)8-13)10-15-7-4-12(2)18-15/h12-15,17H,3-11H2,1-2H3. The van der Waals surface area contributed by atoms with E-state index < -0.39 is 0 Å². The zero-order valence-corrected chi connectivity index (χ0v) is 12.1. The predicted octanol–water partition coefficient (Wildman–Crippen LogP) is 3.36. The molecule has 2 nitrogen and oxygen atoms in total. The lowest BCUT2D eigenvalue weighted by Crippen LogP contribution is -2.41. The van der Waals surface area contributed by atoms with Crippen LogP contribution in [0.25, 0.3) is 0 Å². The molecule has 1 aliphatic heterocycles. The van der Waals surface area contributed by atoms with E-state index in [1.165, 1.54) is 51.5 Å². The van der Waals surface area contributed by atoms with E-state index in [4.69, 9.17) is 4.74 Å². The summed E-state index contributed by atoms with van der Waals surface area (Å²) in [5.41, 5.74) is 0.577. The van der Waals surface area contributed by atoms with Crippen molar-refractivity contribution in [2.75, 3.05) is 13.1 Å². The van der Waals surface area contributed by atoms with Gasteiger partial charge in [0.25, 0.3) is 0 Å². The summed E-state index contributed by atoms with van der Waals surface area (Å²) in [7, 11) is 0. The smallest absolute Gasteiger partial charge is 0.0585 e. The lowest BCUT2D eigenvalue weighted by molar-refractivity contribution is 0.00464. The maximum absolute atomic E-state index is 6.11. The average Bonchev–Trinajstić information content (AvgIpc) is 3.03. The summed E-state index contributed by atoms with van der Waals surface area (Å²) in [5.74, 6) is 2.02. The molecule has 3 fully saturated rings. The molecule has 18 heavy (non-hydrogen) atoms. The van der Waals surface area contributed by atoms with E-state index in [9.17, 15) is 0 Å². The monoisotopic (exact) mass is 251 g/mol. The maximum Gasteiger partial charge on any atom is 0.0585 e. The van der Waals surface area contributed by atoms with Crippen LogP contribution in [0, 0.1) is 17.3 Å². The van der Waals surface area contributed by atoms with Crippen molar-refractivity contribution in [1.82, 2.24) is 5.32 Å². The first kappa shape index (κ1) is 12.9. The Hall–Kier alpha value is -0.0800. The second-order valence-corrected chi connectivity index (χ2v) is 7.07. The van der Waals surface area contributed by atoms with E-state index in [0.29, 0.717) is 17.6 Å². The molecule has 1 heterocycles. The van der Waals surface area contributed by atoms with E-state index >= 15 is 0 Å². The van der Waals surface area contributed by atoms with Crippen molar-refractivity contribution < 1.29 is 4.74 Å². The summed E-state index contributed by atoms with van der Waals surface area (Å²) in [6, 6.07) is 0. The van der Waals surface area contributed by atoms with Crippen molar-refractivity contribution in [2.24, 2.45) is 17.3 Å². The molecule has 2 aliphatic carbocycles. The fourth-order valence-electron chi connectivity index (χ4n) is 4.96. The number of hydrogen-bond acceptors (Lipinski definition) is 2. The lowest BCUT2D eigenvalue weighted by atomic mass is 9.69. The minimum atomic E-state index is 0.504. The van der Waals surface area contributed by atoms with Gasteiger partial charge in [-0.3, -0.25) is 0 Å². The SMILES string of the molecule is CCNCC1(CC2CCC(C)O2)CC2CCC1C2. The minimum Gasteiger partial charge on any atom is -0.375 e. The summed E-state index contributed by atoms with van der Waals surface area (Å²) >= 11 is 0. The molecule has 5 unspecified atom stereocenters. The van der Waals surface area contributed by atoms with Gasteiger partial charge in [-0.25, -0.2) is 0 Å². The molecule has 2 saturated carbocycles. The highest BCUT2D eigenvalue weighted by atomic mass is 16.5. The van der Waals surface area contributed by atoms with Crippen LogP contribution in [0.5, 0.6) is 0 Å². The van der Waals surface area contributed by atoms with Crippen LogP contribution in [0.4, 0.5) is 0 Å². The molecule has 2 bridgehead atoms. The van der Waals surface area contributed by atoms with Crippen LogP contribution < -0.4 is 5.32 Å². The number of nitrogens with one attached hydrogen (secondary N) is 1. The third-order valence-electron chi connectivity index (χ3n) is 5.78. The Morgan fingerprint density at radius 2 is 2.11 bits per heavy atom. The van der Waals surface area contributed by atoms with Gasteiger partial charge >= 0.3 is 0 Å². The molecule has 0 aromatic carbocycles. The van der Waals surface area contributed by atoms with Gasteiger partial charge < -0.3 is 10.1 Å². The number of hydrogen-bond donors (Lipinski definition) is 1. The summed E-state index contributed by atoms with van der Waals surface area (Å²) in [6.45, 7) is 6.81. The van der Waals surface area contributed by atoms with Gasteiger partial charge in [-0.2, -0.15) is 0 Å². The third-order valence-corrected chi connectivity index (χ3v) is 5.78. The molecular formula is C16H29NO. The van der Waals surface area contributed by atoms with E-state index in [1.54, 1.807) is 0 Å². The van der Waals surface area contributed by atoms with Crippen molar-refractivity contribution in [3.8, 4) is 0 Å². The minimum absolute atomic E-state index is 0.504. The molecule has 0 amide bonds. The second kappa shape index (κ2) is 5.13. The molecule has 104 valence electrons. The Morgan fingerprint density at radius 3 is 2.67 bits per heavy atom. The Morgan fingerprint density at radius 1 is 1.22 bits per heavy atom. The van der Waals surface area contributed by atoms with Gasteiger partial charge in [0.05, 0.1) is 12.2 Å². The quantitative estimate of drug-likeness (QED) is 0.809. The molecule has 5 atom stereocenters. The molecule has 0 aromatic heterocycles. The van der Waals surface area contributed by atoms with Crippen molar-refractivity contribution in [1.29, 1.82) is 0 Å². The van der Waals surface area contributed by atoms with Crippen LogP contribution in [0.2, 0.25) is 0 Å². The summed E-state index contributed by atoms with van der Waals surface area (Å²) < 4.78 is 6.11. The highest BCUT2D eigenvalue weighted by Crippen LogP contribution is 2.58. The first-order chi connectivity index (χ1) is 8.72. The zero-order chi connectivity index (χ0) is 12.6. The summed E-state index contributed by atoms with van der Waals surface area (Å²) in [5, 5.41) is 3.65. The second-order valence-electron chi connectivity index (χ2n) is 7.07. The summed E-state index contributed by atoms with van der Waals surface area (Å²) in [6.07, 6.45) is 10.9. The molecule has 2 heteroatoms. The van der Waals surface area contributed by atoms with Gasteiger partial charge in [-0.1, -0.05) is 13.3 Å². The molecule has 0 radical (unpaired) electrons. The number of ether oxygens (including phenoxy) is 1. The highest BCUT2D eigenvalue weighted by Gasteiger charge is 2.51. The van der Waals surface area contributed by atoms with E-state index in [-0.39, 0.29) is 0 Å². The largest absolute Gasteiger partial charge is 0.375 e. The van der Waals surface area contributed by atoms with Gasteiger partial charge in [-0.15, -0.1) is 0 Å². The topological polar surface area (TPSA) is 21.3 Å². The van der Waals surface area contributed by atoms with Crippen molar-refractivity contribution >= 4 is 0 Å². The van der Waals surface area contributed by atoms with Gasteiger partial charge in [0, 0.05) is 6.54 Å². The zero-order valence-electron chi connectivity index (χ0n) is 12.1. The molecule has 0 spiro atoms. The maximum atomic E-state index is 6.11. The van der Waals surface area contributed by atoms with Crippen molar-refractivity contribution in [2.45, 2.75) is 71.0 Å². The first-order valence-corrected chi connectivity index (χ1v) is 8.08. The van der Waals surface area contributed by atoms with Crippen LogP contribution in [-0.2, 0) is 4.74 Å². The Balaban J connectivity index is 1.66. The van der Waals surface area contributed by atoms with Gasteiger partial charge in [-0.05, 0) is 69.2 Å². The van der Waals surface area contributed by atoms with Gasteiger partial charge in [0.1, 0.15) is 0 Å². The predicted molar refractivity (Wildman–Crippen MR) is 74.6 cm³/mol. The fraction of sp³-hybridized carbons (Fsp3) is 1.00. The fourth-order valence-corrected chi connectivity index (χ4v) is 4.96. The van der Waals surface area contributed by atoms with E-state index in [2.05, 4.69) is 19.2 Å². The number of fused-ring (bicyclic) bond motifs is 2. The number of rotatable bonds is 5. The molecule has 3 aliphatic rings. The summed E-state index contributed by atoms with van der Waals surface area (Å²) in [4.78, 5) is 0. The Bertz CT molecular complexity index is 293. The molecule has 1 N–H and O–H groups in total. The van der Waals surface area contributed by atoms with Crippen LogP contribution in [0.3, 0.4) is 0 Å². The van der Waals surface area contributed by atoms with E-state index in [0.717, 1.165) is 18.4 Å². The molecule has 0 aromatic rings.